The summed E-state index contributed by atoms with van der Waals surface area (Å²) in [6.07, 6.45) is 0.498. The number of hydrogen-bond acceptors (Lipinski definition) is 5. The maximum Gasteiger partial charge on any atom is 0.322 e. The lowest BCUT2D eigenvalue weighted by molar-refractivity contribution is -0.142. The highest BCUT2D eigenvalue weighted by molar-refractivity contribution is 5.75. The molecule has 21 heavy (non-hydrogen) atoms. The average Bonchev–Trinajstić information content (AvgIpc) is 2.46. The number of morpholine rings is 1. The van der Waals surface area contributed by atoms with Gasteiger partial charge in [0.25, 0.3) is 0 Å². The maximum atomic E-state index is 11.4. The van der Waals surface area contributed by atoms with E-state index >= 15 is 0 Å². The van der Waals surface area contributed by atoms with E-state index < -0.39 is 6.04 Å². The fourth-order valence-electron chi connectivity index (χ4n) is 2.94. The van der Waals surface area contributed by atoms with Crippen molar-refractivity contribution in [2.24, 2.45) is 5.73 Å². The Kier molecular flexibility index (Phi) is 5.20. The molecule has 2 rings (SSSR count). The second-order valence-electron chi connectivity index (χ2n) is 5.51. The highest BCUT2D eigenvalue weighted by Crippen LogP contribution is 2.27. The Labute approximate surface area is 126 Å². The zero-order valence-electron chi connectivity index (χ0n) is 13.0. The molecule has 2 N–H and O–H groups in total. The SMILES string of the molecule is COC(=O)C(N)Cc1cc(C)c(N2CCOCC2)c(C)c1. The summed E-state index contributed by atoms with van der Waals surface area (Å²) in [5.41, 5.74) is 10.6. The Morgan fingerprint density at radius 3 is 2.43 bits per heavy atom. The van der Waals surface area contributed by atoms with Crippen LogP contribution in [0, 0.1) is 13.8 Å². The van der Waals surface area contributed by atoms with E-state index in [0.717, 1.165) is 31.9 Å². The molecule has 1 aromatic rings. The van der Waals surface area contributed by atoms with E-state index in [9.17, 15) is 4.79 Å². The van der Waals surface area contributed by atoms with Gasteiger partial charge in [-0.15, -0.1) is 0 Å². The van der Waals surface area contributed by atoms with Gasteiger partial charge < -0.3 is 20.1 Å². The van der Waals surface area contributed by atoms with Crippen LogP contribution in [-0.2, 0) is 20.7 Å². The minimum absolute atomic E-state index is 0.373. The molecule has 0 bridgehead atoms. The summed E-state index contributed by atoms with van der Waals surface area (Å²) in [6, 6.07) is 3.62. The van der Waals surface area contributed by atoms with Gasteiger partial charge in [0.2, 0.25) is 0 Å². The predicted molar refractivity (Wildman–Crippen MR) is 82.6 cm³/mol. The predicted octanol–water partition coefficient (Wildman–Crippen LogP) is 1.18. The summed E-state index contributed by atoms with van der Waals surface area (Å²) >= 11 is 0. The van der Waals surface area contributed by atoms with Crippen LogP contribution in [0.2, 0.25) is 0 Å². The van der Waals surface area contributed by atoms with E-state index in [2.05, 4.69) is 35.6 Å². The van der Waals surface area contributed by atoms with Crippen molar-refractivity contribution in [3.05, 3.63) is 28.8 Å². The molecule has 1 atom stereocenters. The summed E-state index contributed by atoms with van der Waals surface area (Å²) in [4.78, 5) is 13.8. The third kappa shape index (κ3) is 3.74. The number of ether oxygens (including phenoxy) is 2. The molecule has 0 saturated carbocycles. The Morgan fingerprint density at radius 2 is 1.90 bits per heavy atom. The Morgan fingerprint density at radius 1 is 1.33 bits per heavy atom. The first-order valence-electron chi connectivity index (χ1n) is 7.29. The van der Waals surface area contributed by atoms with Gasteiger partial charge in [-0.2, -0.15) is 0 Å². The van der Waals surface area contributed by atoms with Crippen molar-refractivity contribution in [2.45, 2.75) is 26.3 Å². The quantitative estimate of drug-likeness (QED) is 0.844. The largest absolute Gasteiger partial charge is 0.468 e. The van der Waals surface area contributed by atoms with Crippen LogP contribution in [0.15, 0.2) is 12.1 Å². The molecule has 1 saturated heterocycles. The number of carbonyl (C=O) groups excluding carboxylic acids is 1. The van der Waals surface area contributed by atoms with Gasteiger partial charge >= 0.3 is 5.97 Å². The van der Waals surface area contributed by atoms with Gasteiger partial charge in [-0.25, -0.2) is 0 Å². The number of anilines is 1. The lowest BCUT2D eigenvalue weighted by atomic mass is 9.98. The molecule has 0 aliphatic carbocycles. The zero-order chi connectivity index (χ0) is 15.4. The van der Waals surface area contributed by atoms with Crippen LogP contribution < -0.4 is 10.6 Å². The minimum atomic E-state index is -0.608. The molecule has 1 aromatic carbocycles. The highest BCUT2D eigenvalue weighted by atomic mass is 16.5. The molecule has 1 heterocycles. The second kappa shape index (κ2) is 6.91. The van der Waals surface area contributed by atoms with Crippen LogP contribution in [0.5, 0.6) is 0 Å². The van der Waals surface area contributed by atoms with Gasteiger partial charge in [0, 0.05) is 18.8 Å². The van der Waals surface area contributed by atoms with E-state index in [0.29, 0.717) is 6.42 Å². The van der Waals surface area contributed by atoms with Gasteiger partial charge in [0.1, 0.15) is 6.04 Å². The van der Waals surface area contributed by atoms with Crippen LogP contribution >= 0.6 is 0 Å². The molecule has 5 nitrogen and oxygen atoms in total. The van der Waals surface area contributed by atoms with Crippen molar-refractivity contribution in [1.29, 1.82) is 0 Å². The van der Waals surface area contributed by atoms with Crippen LogP contribution in [0.1, 0.15) is 16.7 Å². The van der Waals surface area contributed by atoms with E-state index in [1.165, 1.54) is 23.9 Å². The number of carbonyl (C=O) groups is 1. The summed E-state index contributed by atoms with van der Waals surface area (Å²) in [6.45, 7) is 7.59. The Bertz CT molecular complexity index is 487. The molecular weight excluding hydrogens is 268 g/mol. The van der Waals surface area contributed by atoms with E-state index in [1.807, 2.05) is 0 Å². The molecule has 1 fully saturated rings. The summed E-state index contributed by atoms with van der Waals surface area (Å²) < 4.78 is 10.1. The smallest absolute Gasteiger partial charge is 0.322 e. The first-order valence-corrected chi connectivity index (χ1v) is 7.29. The molecule has 116 valence electrons. The third-order valence-electron chi connectivity index (χ3n) is 3.84. The van der Waals surface area contributed by atoms with Crippen LogP contribution in [-0.4, -0.2) is 45.4 Å². The monoisotopic (exact) mass is 292 g/mol. The van der Waals surface area contributed by atoms with Crippen molar-refractivity contribution in [1.82, 2.24) is 0 Å². The standard InChI is InChI=1S/C16H24N2O3/c1-11-8-13(10-14(17)16(19)20-3)9-12(2)15(11)18-4-6-21-7-5-18/h8-9,14H,4-7,10,17H2,1-3H3. The molecule has 0 radical (unpaired) electrons. The van der Waals surface area contributed by atoms with Crippen molar-refractivity contribution >= 4 is 11.7 Å². The van der Waals surface area contributed by atoms with E-state index in [1.54, 1.807) is 0 Å². The fraction of sp³-hybridized carbons (Fsp3) is 0.562. The molecule has 0 aromatic heterocycles. The van der Waals surface area contributed by atoms with E-state index in [-0.39, 0.29) is 5.97 Å². The molecule has 1 aliphatic heterocycles. The number of methoxy groups -OCH3 is 1. The zero-order valence-corrected chi connectivity index (χ0v) is 13.0. The molecule has 1 aliphatic rings. The fourth-order valence-corrected chi connectivity index (χ4v) is 2.94. The van der Waals surface area contributed by atoms with Crippen LogP contribution in [0.4, 0.5) is 5.69 Å². The maximum absolute atomic E-state index is 11.4. The number of rotatable bonds is 4. The molecular formula is C16H24N2O3. The third-order valence-corrected chi connectivity index (χ3v) is 3.84. The lowest BCUT2D eigenvalue weighted by Gasteiger charge is -2.32. The summed E-state index contributed by atoms with van der Waals surface area (Å²) in [5, 5.41) is 0. The lowest BCUT2D eigenvalue weighted by Crippen LogP contribution is -2.37. The Balaban J connectivity index is 2.18. The number of nitrogens with zero attached hydrogens (tertiary/aromatic N) is 1. The van der Waals surface area contributed by atoms with Crippen molar-refractivity contribution < 1.29 is 14.3 Å². The van der Waals surface area contributed by atoms with Crippen molar-refractivity contribution in [2.75, 3.05) is 38.3 Å². The molecule has 0 spiro atoms. The van der Waals surface area contributed by atoms with Gasteiger partial charge in [-0.05, 0) is 37.0 Å². The normalized spacial score (nSPS) is 16.7. The first kappa shape index (κ1) is 15.8. The number of nitrogens with two attached hydrogens (primary N) is 1. The summed E-state index contributed by atoms with van der Waals surface area (Å²) in [5.74, 6) is -0.373. The molecule has 1 unspecified atom stereocenters. The number of benzene rings is 1. The van der Waals surface area contributed by atoms with Gasteiger partial charge in [-0.1, -0.05) is 12.1 Å². The van der Waals surface area contributed by atoms with Crippen molar-refractivity contribution in [3.63, 3.8) is 0 Å². The summed E-state index contributed by atoms with van der Waals surface area (Å²) in [7, 11) is 1.36. The average molecular weight is 292 g/mol. The van der Waals surface area contributed by atoms with Gasteiger partial charge in [-0.3, -0.25) is 4.79 Å². The number of aryl methyl sites for hydroxylation is 2. The van der Waals surface area contributed by atoms with Crippen LogP contribution in [0.3, 0.4) is 0 Å². The first-order chi connectivity index (χ1) is 10.0. The van der Waals surface area contributed by atoms with Gasteiger partial charge in [0.05, 0.1) is 20.3 Å². The Hall–Kier alpha value is -1.59. The topological polar surface area (TPSA) is 64.8 Å². The number of hydrogen-bond donors (Lipinski definition) is 1. The van der Waals surface area contributed by atoms with Crippen LogP contribution in [0.25, 0.3) is 0 Å². The van der Waals surface area contributed by atoms with Crippen molar-refractivity contribution in [3.8, 4) is 0 Å². The van der Waals surface area contributed by atoms with E-state index in [4.69, 9.17) is 10.5 Å². The molecule has 5 heteroatoms. The molecule has 0 amide bonds. The minimum Gasteiger partial charge on any atom is -0.468 e. The van der Waals surface area contributed by atoms with Gasteiger partial charge in [0.15, 0.2) is 0 Å². The second-order valence-corrected chi connectivity index (χ2v) is 5.51. The number of esters is 1. The highest BCUT2D eigenvalue weighted by Gasteiger charge is 2.18.